The molecule has 0 bridgehead atoms. The molecule has 0 saturated carbocycles. The fourth-order valence-electron chi connectivity index (χ4n) is 11.9. The van der Waals surface area contributed by atoms with Gasteiger partial charge in [-0.3, -0.25) is 19.2 Å². The second-order valence-corrected chi connectivity index (χ2v) is 33.4. The SMILES string of the molecule is CCCCCCCCCCCCCCOC(=O)CCN(CCSSCCNC(C)(C)CCSSCCN(CCC(=O)OCCCCCCCCCCCCCC)CCC(=O)OCCCCCCCCCCCCCC)CCC(=O)OCCCCCCCCCCCCCC. The van der Waals surface area contributed by atoms with E-state index in [0.29, 0.717) is 78.3 Å². The Morgan fingerprint density at radius 3 is 0.713 bits per heavy atom. The molecule has 0 aliphatic carbocycles. The Morgan fingerprint density at radius 1 is 0.277 bits per heavy atom. The molecule has 0 atom stereocenters. The van der Waals surface area contributed by atoms with Crippen LogP contribution in [0.15, 0.2) is 0 Å². The van der Waals surface area contributed by atoms with Crippen LogP contribution in [0.1, 0.15) is 382 Å². The minimum atomic E-state index is -0.141. The van der Waals surface area contributed by atoms with Crippen LogP contribution in [0.4, 0.5) is 0 Å². The highest BCUT2D eigenvalue weighted by Crippen LogP contribution is 2.26. The van der Waals surface area contributed by atoms with Crippen molar-refractivity contribution in [1.82, 2.24) is 15.1 Å². The van der Waals surface area contributed by atoms with Crippen LogP contribution in [0.25, 0.3) is 0 Å². The predicted molar refractivity (Wildman–Crippen MR) is 416 cm³/mol. The lowest BCUT2D eigenvalue weighted by molar-refractivity contribution is -0.146. The summed E-state index contributed by atoms with van der Waals surface area (Å²) in [6, 6.07) is 0. The number of nitrogens with one attached hydrogen (secondary N) is 1. The maximum atomic E-state index is 12.9. The van der Waals surface area contributed by atoms with Gasteiger partial charge in [0.1, 0.15) is 0 Å². The zero-order valence-electron chi connectivity index (χ0n) is 62.9. The van der Waals surface area contributed by atoms with Crippen molar-refractivity contribution in [2.45, 2.75) is 387 Å². The number of nitrogens with zero attached hydrogens (tertiary/aromatic N) is 2. The van der Waals surface area contributed by atoms with Crippen molar-refractivity contribution < 1.29 is 38.1 Å². The standard InChI is InChI=1S/C79H155N3O8S4/c1-7-11-15-19-23-27-31-35-39-43-47-51-67-87-75(83)55-61-81(62-56-76(84)88-68-52-48-44-40-36-32-28-24-20-16-12-8-2)65-73-93-91-71-59-79(5,6)80-60-72-92-94-74-66-82(63-57-77(85)89-69-53-49-45-41-37-33-29-25-21-17-13-9-3)64-58-78(86)90-70-54-50-46-42-38-34-30-26-22-18-14-10-4/h80H,7-74H2,1-6H3. The smallest absolute Gasteiger partial charge is 0.307 e. The van der Waals surface area contributed by atoms with Crippen LogP contribution < -0.4 is 5.32 Å². The molecule has 0 aromatic heterocycles. The van der Waals surface area contributed by atoms with Crippen LogP contribution in [0.2, 0.25) is 0 Å². The fraction of sp³-hybridized carbons (Fsp3) is 0.949. The number of hydrogen-bond acceptors (Lipinski definition) is 15. The lowest BCUT2D eigenvalue weighted by atomic mass is 10.0. The Bertz CT molecular complexity index is 1510. The minimum absolute atomic E-state index is 0.00589. The van der Waals surface area contributed by atoms with Crippen LogP contribution in [-0.2, 0) is 38.1 Å². The van der Waals surface area contributed by atoms with Crippen molar-refractivity contribution >= 4 is 67.1 Å². The van der Waals surface area contributed by atoms with Gasteiger partial charge in [-0.1, -0.05) is 353 Å². The molecule has 11 nitrogen and oxygen atoms in total. The highest BCUT2D eigenvalue weighted by atomic mass is 33.1. The molecule has 0 heterocycles. The van der Waals surface area contributed by atoms with Crippen molar-refractivity contribution in [3.8, 4) is 0 Å². The number of ether oxygens (including phenoxy) is 4. The molecule has 0 aromatic rings. The molecule has 558 valence electrons. The molecule has 0 aliphatic heterocycles. The fourth-order valence-corrected chi connectivity index (χ4v) is 16.1. The van der Waals surface area contributed by atoms with Crippen LogP contribution in [0.5, 0.6) is 0 Å². The Hall–Kier alpha value is -0.840. The van der Waals surface area contributed by atoms with E-state index in [1.54, 1.807) is 0 Å². The second kappa shape index (κ2) is 76.3. The lowest BCUT2D eigenvalue weighted by Crippen LogP contribution is -2.40. The topological polar surface area (TPSA) is 124 Å². The molecule has 0 aliphatic rings. The first-order chi connectivity index (χ1) is 46.1. The molecule has 15 heteroatoms. The van der Waals surface area contributed by atoms with Gasteiger partial charge in [0, 0.05) is 74.4 Å². The van der Waals surface area contributed by atoms with Crippen LogP contribution in [-0.4, -0.2) is 134 Å². The van der Waals surface area contributed by atoms with E-state index < -0.39 is 0 Å². The summed E-state index contributed by atoms with van der Waals surface area (Å²) >= 11 is 0. The van der Waals surface area contributed by atoms with E-state index in [1.807, 2.05) is 43.2 Å². The monoisotopic (exact) mass is 1400 g/mol. The average Bonchev–Trinajstić information content (AvgIpc) is 3.48. The third-order valence-corrected chi connectivity index (χ3v) is 23.1. The summed E-state index contributed by atoms with van der Waals surface area (Å²) in [5.41, 5.74) is 0.00589. The van der Waals surface area contributed by atoms with Crippen molar-refractivity contribution in [3.63, 3.8) is 0 Å². The van der Waals surface area contributed by atoms with Crippen LogP contribution in [0.3, 0.4) is 0 Å². The summed E-state index contributed by atoms with van der Waals surface area (Å²) in [5, 5.41) is 3.79. The molecule has 1 N–H and O–H groups in total. The van der Waals surface area contributed by atoms with Gasteiger partial charge in [-0.05, 0) is 46.0 Å². The summed E-state index contributed by atoms with van der Waals surface area (Å²) in [6.45, 7) is 20.6. The van der Waals surface area contributed by atoms with Gasteiger partial charge in [0.05, 0.1) is 52.1 Å². The van der Waals surface area contributed by atoms with E-state index >= 15 is 0 Å². The van der Waals surface area contributed by atoms with Crippen molar-refractivity contribution in [3.05, 3.63) is 0 Å². The number of rotatable bonds is 79. The number of carbonyl (C=O) groups is 4. The summed E-state index contributed by atoms with van der Waals surface area (Å²) < 4.78 is 22.7. The normalized spacial score (nSPS) is 11.8. The Morgan fingerprint density at radius 2 is 0.479 bits per heavy atom. The van der Waals surface area contributed by atoms with Gasteiger partial charge in [-0.2, -0.15) is 0 Å². The molecule has 0 aromatic carbocycles. The Kier molecular flexibility index (Phi) is 75.7. The highest BCUT2D eigenvalue weighted by Gasteiger charge is 2.18. The summed E-state index contributed by atoms with van der Waals surface area (Å²) in [4.78, 5) is 56.0. The van der Waals surface area contributed by atoms with Crippen LogP contribution >= 0.6 is 43.2 Å². The van der Waals surface area contributed by atoms with Gasteiger partial charge in [0.25, 0.3) is 0 Å². The maximum absolute atomic E-state index is 12.9. The summed E-state index contributed by atoms with van der Waals surface area (Å²) in [6.07, 6.45) is 63.9. The van der Waals surface area contributed by atoms with E-state index in [2.05, 4.69) is 56.7 Å². The summed E-state index contributed by atoms with van der Waals surface area (Å²) in [7, 11) is 7.52. The lowest BCUT2D eigenvalue weighted by Gasteiger charge is -2.26. The number of carbonyl (C=O) groups excluding carboxylic acids is 4. The van der Waals surface area contributed by atoms with E-state index in [4.69, 9.17) is 18.9 Å². The van der Waals surface area contributed by atoms with E-state index in [9.17, 15) is 19.2 Å². The zero-order chi connectivity index (χ0) is 68.4. The summed E-state index contributed by atoms with van der Waals surface area (Å²) in [5.74, 6) is 3.28. The minimum Gasteiger partial charge on any atom is -0.466 e. The largest absolute Gasteiger partial charge is 0.466 e. The molecule has 0 saturated heterocycles. The molecule has 0 unspecified atom stereocenters. The predicted octanol–water partition coefficient (Wildman–Crippen LogP) is 23.6. The zero-order valence-corrected chi connectivity index (χ0v) is 66.1. The molecule has 0 radical (unpaired) electrons. The van der Waals surface area contributed by atoms with E-state index in [-0.39, 0.29) is 29.4 Å². The maximum Gasteiger partial charge on any atom is 0.307 e. The molecular weight excluding hydrogens is 1250 g/mol. The number of unbranched alkanes of at least 4 members (excludes halogenated alkanes) is 44. The van der Waals surface area contributed by atoms with Gasteiger partial charge in [-0.15, -0.1) is 0 Å². The molecule has 0 spiro atoms. The Balaban J connectivity index is 4.83. The van der Waals surface area contributed by atoms with Gasteiger partial charge < -0.3 is 34.1 Å². The van der Waals surface area contributed by atoms with Crippen molar-refractivity contribution in [1.29, 1.82) is 0 Å². The highest BCUT2D eigenvalue weighted by molar-refractivity contribution is 8.77. The average molecular weight is 1400 g/mol. The van der Waals surface area contributed by atoms with Gasteiger partial charge in [0.15, 0.2) is 0 Å². The number of hydrogen-bond donors (Lipinski definition) is 1. The third-order valence-electron chi connectivity index (χ3n) is 18.3. The van der Waals surface area contributed by atoms with Gasteiger partial charge >= 0.3 is 23.9 Å². The quantitative estimate of drug-likeness (QED) is 0.0269. The van der Waals surface area contributed by atoms with Gasteiger partial charge in [0.2, 0.25) is 0 Å². The molecule has 0 amide bonds. The van der Waals surface area contributed by atoms with Crippen molar-refractivity contribution in [2.24, 2.45) is 0 Å². The molecule has 0 fully saturated rings. The van der Waals surface area contributed by atoms with Crippen molar-refractivity contribution in [2.75, 3.05) is 95.3 Å². The van der Waals surface area contributed by atoms with Crippen LogP contribution in [0, 0.1) is 0 Å². The molecule has 94 heavy (non-hydrogen) atoms. The molecule has 0 rings (SSSR count). The second-order valence-electron chi connectivity index (χ2n) is 28.0. The van der Waals surface area contributed by atoms with E-state index in [1.165, 1.54) is 257 Å². The van der Waals surface area contributed by atoms with E-state index in [0.717, 1.165) is 100 Å². The Labute approximate surface area is 599 Å². The third kappa shape index (κ3) is 73.9. The molecular formula is C79H155N3O8S4. The first-order valence-electron chi connectivity index (χ1n) is 40.4. The first kappa shape index (κ1) is 93.2. The van der Waals surface area contributed by atoms with Gasteiger partial charge in [-0.25, -0.2) is 0 Å². The first-order valence-corrected chi connectivity index (χ1v) is 45.3. The number of esters is 4.